The van der Waals surface area contributed by atoms with E-state index in [-0.39, 0.29) is 5.91 Å². The SMILES string of the molecule is COc1ccc2[nH]c(C(=O)Nc3c(Cl)cccc3Cl)cc2c1. The molecule has 0 aliphatic heterocycles. The predicted octanol–water partition coefficient (Wildman–Crippen LogP) is 4.74. The first-order valence-corrected chi connectivity index (χ1v) is 7.26. The third kappa shape index (κ3) is 2.75. The number of hydrogen-bond acceptors (Lipinski definition) is 2. The summed E-state index contributed by atoms with van der Waals surface area (Å²) < 4.78 is 5.17. The smallest absolute Gasteiger partial charge is 0.272 e. The molecule has 0 unspecified atom stereocenters. The Hall–Kier alpha value is -2.17. The second-order valence-electron chi connectivity index (χ2n) is 4.69. The van der Waals surface area contributed by atoms with Gasteiger partial charge >= 0.3 is 0 Å². The van der Waals surface area contributed by atoms with Crippen LogP contribution in [0.3, 0.4) is 0 Å². The van der Waals surface area contributed by atoms with Crippen molar-refractivity contribution < 1.29 is 9.53 Å². The van der Waals surface area contributed by atoms with E-state index < -0.39 is 0 Å². The number of carbonyl (C=O) groups excluding carboxylic acids is 1. The van der Waals surface area contributed by atoms with Gasteiger partial charge in [0.1, 0.15) is 11.4 Å². The van der Waals surface area contributed by atoms with Crippen LogP contribution in [0, 0.1) is 0 Å². The van der Waals surface area contributed by atoms with Crippen molar-refractivity contribution in [2.75, 3.05) is 12.4 Å². The number of ether oxygens (including phenoxy) is 1. The van der Waals surface area contributed by atoms with Gasteiger partial charge in [-0.15, -0.1) is 0 Å². The summed E-state index contributed by atoms with van der Waals surface area (Å²) in [5, 5.41) is 4.38. The second kappa shape index (κ2) is 5.91. The lowest BCUT2D eigenvalue weighted by Gasteiger charge is -2.07. The highest BCUT2D eigenvalue weighted by Gasteiger charge is 2.14. The van der Waals surface area contributed by atoms with Crippen LogP contribution in [0.2, 0.25) is 10.0 Å². The standard InChI is InChI=1S/C16H12Cl2N2O2/c1-22-10-5-6-13-9(7-10)8-14(19-13)16(21)20-15-11(17)3-2-4-12(15)18/h2-8,19H,1H3,(H,20,21). The van der Waals surface area contributed by atoms with Gasteiger partial charge in [-0.25, -0.2) is 0 Å². The van der Waals surface area contributed by atoms with Crippen LogP contribution in [0.4, 0.5) is 5.69 Å². The third-order valence-electron chi connectivity index (χ3n) is 3.27. The Morgan fingerprint density at radius 2 is 1.86 bits per heavy atom. The molecule has 0 saturated carbocycles. The van der Waals surface area contributed by atoms with Gasteiger partial charge in [0.15, 0.2) is 0 Å². The monoisotopic (exact) mass is 334 g/mol. The first-order chi connectivity index (χ1) is 10.6. The van der Waals surface area contributed by atoms with Crippen molar-refractivity contribution in [2.24, 2.45) is 0 Å². The van der Waals surface area contributed by atoms with Crippen LogP contribution in [0.1, 0.15) is 10.5 Å². The van der Waals surface area contributed by atoms with Crippen LogP contribution in [0.5, 0.6) is 5.75 Å². The van der Waals surface area contributed by atoms with Crippen LogP contribution in [-0.4, -0.2) is 18.0 Å². The van der Waals surface area contributed by atoms with Gasteiger partial charge in [0.05, 0.1) is 22.8 Å². The van der Waals surface area contributed by atoms with Crippen molar-refractivity contribution in [3.05, 3.63) is 58.2 Å². The van der Waals surface area contributed by atoms with Crippen molar-refractivity contribution in [1.82, 2.24) is 4.98 Å². The molecule has 1 amide bonds. The van der Waals surface area contributed by atoms with Gasteiger partial charge in [0.25, 0.3) is 5.91 Å². The molecule has 3 rings (SSSR count). The molecule has 0 atom stereocenters. The fourth-order valence-electron chi connectivity index (χ4n) is 2.16. The van der Waals surface area contributed by atoms with Gasteiger partial charge in [-0.2, -0.15) is 0 Å². The Labute approximate surface area is 137 Å². The number of para-hydroxylation sites is 1. The number of aromatic nitrogens is 1. The van der Waals surface area contributed by atoms with E-state index in [4.69, 9.17) is 27.9 Å². The van der Waals surface area contributed by atoms with Gasteiger partial charge in [-0.05, 0) is 36.4 Å². The molecule has 1 aromatic heterocycles. The van der Waals surface area contributed by atoms with Crippen LogP contribution in [0.15, 0.2) is 42.5 Å². The van der Waals surface area contributed by atoms with E-state index in [0.717, 1.165) is 16.7 Å². The summed E-state index contributed by atoms with van der Waals surface area (Å²) in [5.41, 5.74) is 1.66. The van der Waals surface area contributed by atoms with Crippen molar-refractivity contribution in [3.63, 3.8) is 0 Å². The maximum atomic E-state index is 12.4. The van der Waals surface area contributed by atoms with Crippen molar-refractivity contribution in [1.29, 1.82) is 0 Å². The summed E-state index contributed by atoms with van der Waals surface area (Å²) >= 11 is 12.1. The first kappa shape index (κ1) is 14.8. The molecule has 112 valence electrons. The molecule has 22 heavy (non-hydrogen) atoms. The Bertz CT molecular complexity index is 838. The zero-order valence-electron chi connectivity index (χ0n) is 11.6. The normalized spacial score (nSPS) is 10.7. The minimum absolute atomic E-state index is 0.315. The maximum absolute atomic E-state index is 12.4. The Kier molecular flexibility index (Phi) is 3.96. The number of carbonyl (C=O) groups is 1. The van der Waals surface area contributed by atoms with Gasteiger partial charge in [0, 0.05) is 10.9 Å². The summed E-state index contributed by atoms with van der Waals surface area (Å²) in [4.78, 5) is 15.4. The van der Waals surface area contributed by atoms with Crippen LogP contribution < -0.4 is 10.1 Å². The first-order valence-electron chi connectivity index (χ1n) is 6.50. The summed E-state index contributed by atoms with van der Waals surface area (Å²) in [7, 11) is 1.60. The molecule has 0 radical (unpaired) electrons. The zero-order chi connectivity index (χ0) is 15.7. The minimum Gasteiger partial charge on any atom is -0.497 e. The minimum atomic E-state index is -0.315. The van der Waals surface area contributed by atoms with Crippen LogP contribution in [0.25, 0.3) is 10.9 Å². The van der Waals surface area contributed by atoms with Crippen molar-refractivity contribution >= 4 is 45.7 Å². The fourth-order valence-corrected chi connectivity index (χ4v) is 2.65. The highest BCUT2D eigenvalue weighted by Crippen LogP contribution is 2.30. The number of nitrogens with one attached hydrogen (secondary N) is 2. The molecule has 2 N–H and O–H groups in total. The van der Waals surface area contributed by atoms with E-state index in [1.54, 1.807) is 31.4 Å². The lowest BCUT2D eigenvalue weighted by atomic mass is 10.2. The van der Waals surface area contributed by atoms with Crippen molar-refractivity contribution in [3.8, 4) is 5.75 Å². The van der Waals surface area contributed by atoms with Gasteiger partial charge in [-0.3, -0.25) is 4.79 Å². The number of methoxy groups -OCH3 is 1. The maximum Gasteiger partial charge on any atom is 0.272 e. The molecule has 0 bridgehead atoms. The summed E-state index contributed by atoms with van der Waals surface area (Å²) in [6.07, 6.45) is 0. The Morgan fingerprint density at radius 1 is 1.14 bits per heavy atom. The zero-order valence-corrected chi connectivity index (χ0v) is 13.1. The lowest BCUT2D eigenvalue weighted by Crippen LogP contribution is -2.12. The van der Waals surface area contributed by atoms with E-state index in [9.17, 15) is 4.79 Å². The summed E-state index contributed by atoms with van der Waals surface area (Å²) in [6, 6.07) is 12.3. The largest absolute Gasteiger partial charge is 0.497 e. The fraction of sp³-hybridized carbons (Fsp3) is 0.0625. The molecular weight excluding hydrogens is 323 g/mol. The molecule has 0 fully saturated rings. The Balaban J connectivity index is 1.92. The third-order valence-corrected chi connectivity index (χ3v) is 3.90. The van der Waals surface area contributed by atoms with Gasteiger partial charge in [-0.1, -0.05) is 29.3 Å². The van der Waals surface area contributed by atoms with E-state index >= 15 is 0 Å². The topological polar surface area (TPSA) is 54.1 Å². The molecule has 2 aromatic carbocycles. The lowest BCUT2D eigenvalue weighted by molar-refractivity contribution is 0.102. The van der Waals surface area contributed by atoms with Crippen molar-refractivity contribution in [2.45, 2.75) is 0 Å². The highest BCUT2D eigenvalue weighted by molar-refractivity contribution is 6.40. The number of fused-ring (bicyclic) bond motifs is 1. The highest BCUT2D eigenvalue weighted by atomic mass is 35.5. The number of amides is 1. The average Bonchev–Trinajstić information content (AvgIpc) is 2.94. The summed E-state index contributed by atoms with van der Waals surface area (Å²) in [6.45, 7) is 0. The molecule has 0 aliphatic rings. The van der Waals surface area contributed by atoms with E-state index in [0.29, 0.717) is 21.4 Å². The number of aromatic amines is 1. The van der Waals surface area contributed by atoms with E-state index in [2.05, 4.69) is 10.3 Å². The number of rotatable bonds is 3. The molecule has 4 nitrogen and oxygen atoms in total. The molecule has 0 spiro atoms. The molecule has 1 heterocycles. The van der Waals surface area contributed by atoms with Gasteiger partial charge in [0.2, 0.25) is 0 Å². The number of benzene rings is 2. The molecular formula is C16H12Cl2N2O2. The van der Waals surface area contributed by atoms with E-state index in [1.165, 1.54) is 0 Å². The average molecular weight is 335 g/mol. The molecule has 6 heteroatoms. The number of H-pyrrole nitrogens is 1. The van der Waals surface area contributed by atoms with Gasteiger partial charge < -0.3 is 15.0 Å². The Morgan fingerprint density at radius 3 is 2.55 bits per heavy atom. The van der Waals surface area contributed by atoms with Crippen LogP contribution >= 0.6 is 23.2 Å². The van der Waals surface area contributed by atoms with Crippen LogP contribution in [-0.2, 0) is 0 Å². The molecule has 0 saturated heterocycles. The molecule has 0 aliphatic carbocycles. The predicted molar refractivity (Wildman–Crippen MR) is 89.3 cm³/mol. The molecule has 3 aromatic rings. The number of hydrogen-bond donors (Lipinski definition) is 2. The number of anilines is 1. The number of halogens is 2. The van der Waals surface area contributed by atoms with E-state index in [1.807, 2.05) is 18.2 Å². The quantitative estimate of drug-likeness (QED) is 0.727. The second-order valence-corrected chi connectivity index (χ2v) is 5.50. The summed E-state index contributed by atoms with van der Waals surface area (Å²) in [5.74, 6) is 0.415.